The average molecular weight is 323 g/mol. The quantitative estimate of drug-likeness (QED) is 0.696. The van der Waals surface area contributed by atoms with E-state index in [1.54, 1.807) is 19.2 Å². The number of anilines is 1. The molecule has 0 unspecified atom stereocenters. The molecule has 1 aromatic heterocycles. The lowest BCUT2D eigenvalue weighted by molar-refractivity contribution is 0.210. The van der Waals surface area contributed by atoms with E-state index in [1.165, 1.54) is 12.1 Å². The van der Waals surface area contributed by atoms with E-state index in [1.807, 2.05) is 36.4 Å². The number of halogens is 1. The molecule has 1 N–H and O–H groups in total. The molecule has 0 aliphatic rings. The molecule has 0 saturated heterocycles. The number of hydrogen-bond donors (Lipinski definition) is 1. The lowest BCUT2D eigenvalue weighted by Gasteiger charge is -2.10. The van der Waals surface area contributed by atoms with Gasteiger partial charge in [0, 0.05) is 30.8 Å². The zero-order valence-corrected chi connectivity index (χ0v) is 13.4. The van der Waals surface area contributed by atoms with E-state index < -0.39 is 0 Å². The van der Waals surface area contributed by atoms with Gasteiger partial charge in [0.25, 0.3) is 0 Å². The van der Waals surface area contributed by atoms with E-state index in [9.17, 15) is 4.39 Å². The van der Waals surface area contributed by atoms with Crippen LogP contribution in [0.3, 0.4) is 0 Å². The molecule has 0 atom stereocenters. The maximum absolute atomic E-state index is 13.2. The molecule has 3 rings (SSSR count). The van der Waals surface area contributed by atoms with Gasteiger partial charge in [0.15, 0.2) is 5.82 Å². The van der Waals surface area contributed by atoms with Crippen molar-refractivity contribution in [1.82, 2.24) is 9.97 Å². The third-order valence-electron chi connectivity index (χ3n) is 3.51. The Bertz CT molecular complexity index is 791. The monoisotopic (exact) mass is 323 g/mol. The van der Waals surface area contributed by atoms with Crippen molar-refractivity contribution in [2.45, 2.75) is 0 Å². The molecule has 0 spiro atoms. The standard InChI is InChI=1S/C19H18FN3O/c1-24-12-11-21-18-13-17(14-7-9-16(20)10-8-14)22-19(23-18)15-5-3-2-4-6-15/h2-10,13H,11-12H2,1H3,(H,21,22,23). The van der Waals surface area contributed by atoms with Crippen molar-refractivity contribution in [3.05, 3.63) is 66.5 Å². The average Bonchev–Trinajstić information content (AvgIpc) is 2.63. The largest absolute Gasteiger partial charge is 0.383 e. The minimum atomic E-state index is -0.269. The summed E-state index contributed by atoms with van der Waals surface area (Å²) in [6.45, 7) is 1.22. The molecular formula is C19H18FN3O. The van der Waals surface area contributed by atoms with Crippen molar-refractivity contribution in [3.8, 4) is 22.6 Å². The van der Waals surface area contributed by atoms with Crippen molar-refractivity contribution >= 4 is 5.82 Å². The highest BCUT2D eigenvalue weighted by atomic mass is 19.1. The first-order valence-corrected chi connectivity index (χ1v) is 7.69. The predicted molar refractivity (Wildman–Crippen MR) is 93.2 cm³/mol. The normalized spacial score (nSPS) is 10.6. The summed E-state index contributed by atoms with van der Waals surface area (Å²) in [6.07, 6.45) is 0. The Labute approximate surface area is 140 Å². The van der Waals surface area contributed by atoms with Crippen LogP contribution in [-0.2, 0) is 4.74 Å². The molecule has 4 nitrogen and oxygen atoms in total. The molecular weight excluding hydrogens is 305 g/mol. The molecule has 1 heterocycles. The molecule has 24 heavy (non-hydrogen) atoms. The molecule has 0 fully saturated rings. The van der Waals surface area contributed by atoms with E-state index in [4.69, 9.17) is 4.74 Å². The molecule has 2 aromatic carbocycles. The zero-order chi connectivity index (χ0) is 16.8. The van der Waals surface area contributed by atoms with Gasteiger partial charge in [-0.15, -0.1) is 0 Å². The van der Waals surface area contributed by atoms with Crippen LogP contribution in [0.4, 0.5) is 10.2 Å². The number of nitrogens with one attached hydrogen (secondary N) is 1. The number of aromatic nitrogens is 2. The fourth-order valence-corrected chi connectivity index (χ4v) is 2.30. The van der Waals surface area contributed by atoms with Gasteiger partial charge in [0.2, 0.25) is 0 Å². The Morgan fingerprint density at radius 2 is 1.71 bits per heavy atom. The topological polar surface area (TPSA) is 47.0 Å². The first-order chi connectivity index (χ1) is 11.8. The van der Waals surface area contributed by atoms with Gasteiger partial charge in [-0.2, -0.15) is 0 Å². The highest BCUT2D eigenvalue weighted by Crippen LogP contribution is 2.24. The molecule has 0 aliphatic heterocycles. The third-order valence-corrected chi connectivity index (χ3v) is 3.51. The molecule has 0 radical (unpaired) electrons. The number of methoxy groups -OCH3 is 1. The van der Waals surface area contributed by atoms with Crippen LogP contribution in [0.1, 0.15) is 0 Å². The second-order valence-corrected chi connectivity index (χ2v) is 5.25. The first-order valence-electron chi connectivity index (χ1n) is 7.69. The summed E-state index contributed by atoms with van der Waals surface area (Å²) in [4.78, 5) is 9.19. The van der Waals surface area contributed by atoms with E-state index in [0.29, 0.717) is 24.8 Å². The Morgan fingerprint density at radius 3 is 2.42 bits per heavy atom. The van der Waals surface area contributed by atoms with Crippen LogP contribution in [0.15, 0.2) is 60.7 Å². The Morgan fingerprint density at radius 1 is 0.958 bits per heavy atom. The maximum Gasteiger partial charge on any atom is 0.162 e. The smallest absolute Gasteiger partial charge is 0.162 e. The number of ether oxygens (including phenoxy) is 1. The fraction of sp³-hybridized carbons (Fsp3) is 0.158. The van der Waals surface area contributed by atoms with Gasteiger partial charge in [-0.3, -0.25) is 0 Å². The molecule has 3 aromatic rings. The Hall–Kier alpha value is -2.79. The lowest BCUT2D eigenvalue weighted by Crippen LogP contribution is -2.09. The van der Waals surface area contributed by atoms with Crippen LogP contribution < -0.4 is 5.32 Å². The SMILES string of the molecule is COCCNc1cc(-c2ccc(F)cc2)nc(-c2ccccc2)n1. The Balaban J connectivity index is 2.00. The van der Waals surface area contributed by atoms with Gasteiger partial charge in [0.1, 0.15) is 11.6 Å². The van der Waals surface area contributed by atoms with Crippen LogP contribution in [0.5, 0.6) is 0 Å². The van der Waals surface area contributed by atoms with Crippen molar-refractivity contribution in [2.75, 3.05) is 25.6 Å². The molecule has 0 saturated carbocycles. The van der Waals surface area contributed by atoms with Crippen LogP contribution >= 0.6 is 0 Å². The summed E-state index contributed by atoms with van der Waals surface area (Å²) >= 11 is 0. The van der Waals surface area contributed by atoms with Crippen LogP contribution in [0.25, 0.3) is 22.6 Å². The number of benzene rings is 2. The molecule has 0 aliphatic carbocycles. The number of hydrogen-bond acceptors (Lipinski definition) is 4. The first kappa shape index (κ1) is 16.1. The second kappa shape index (κ2) is 7.66. The van der Waals surface area contributed by atoms with Crippen LogP contribution in [-0.4, -0.2) is 30.2 Å². The molecule has 122 valence electrons. The van der Waals surface area contributed by atoms with Crippen LogP contribution in [0, 0.1) is 5.82 Å². The Kier molecular flexibility index (Phi) is 5.13. The van der Waals surface area contributed by atoms with Gasteiger partial charge >= 0.3 is 0 Å². The highest BCUT2D eigenvalue weighted by molar-refractivity contribution is 5.67. The molecule has 5 heteroatoms. The van der Waals surface area contributed by atoms with E-state index >= 15 is 0 Å². The predicted octanol–water partition coefficient (Wildman–Crippen LogP) is 4.01. The van der Waals surface area contributed by atoms with Gasteiger partial charge < -0.3 is 10.1 Å². The minimum Gasteiger partial charge on any atom is -0.383 e. The summed E-state index contributed by atoms with van der Waals surface area (Å²) in [5.41, 5.74) is 2.51. The minimum absolute atomic E-state index is 0.269. The van der Waals surface area contributed by atoms with Gasteiger partial charge in [0.05, 0.1) is 12.3 Å². The van der Waals surface area contributed by atoms with Gasteiger partial charge in [-0.05, 0) is 24.3 Å². The van der Waals surface area contributed by atoms with E-state index in [-0.39, 0.29) is 5.82 Å². The van der Waals surface area contributed by atoms with Crippen molar-refractivity contribution in [3.63, 3.8) is 0 Å². The number of rotatable bonds is 6. The van der Waals surface area contributed by atoms with Crippen molar-refractivity contribution in [1.29, 1.82) is 0 Å². The van der Waals surface area contributed by atoms with E-state index in [2.05, 4.69) is 15.3 Å². The maximum atomic E-state index is 13.2. The van der Waals surface area contributed by atoms with Gasteiger partial charge in [-0.25, -0.2) is 14.4 Å². The summed E-state index contributed by atoms with van der Waals surface area (Å²) in [5, 5.41) is 3.23. The highest BCUT2D eigenvalue weighted by Gasteiger charge is 2.08. The van der Waals surface area contributed by atoms with Crippen LogP contribution in [0.2, 0.25) is 0 Å². The summed E-state index contributed by atoms with van der Waals surface area (Å²) in [6, 6.07) is 17.9. The van der Waals surface area contributed by atoms with Crippen molar-refractivity contribution < 1.29 is 9.13 Å². The summed E-state index contributed by atoms with van der Waals surface area (Å²) in [5.74, 6) is 1.06. The fourth-order valence-electron chi connectivity index (χ4n) is 2.30. The third kappa shape index (κ3) is 3.94. The van der Waals surface area contributed by atoms with Gasteiger partial charge in [-0.1, -0.05) is 30.3 Å². The summed E-state index contributed by atoms with van der Waals surface area (Å²) in [7, 11) is 1.65. The number of nitrogens with zero attached hydrogens (tertiary/aromatic N) is 2. The van der Waals surface area contributed by atoms with Crippen molar-refractivity contribution in [2.24, 2.45) is 0 Å². The summed E-state index contributed by atoms with van der Waals surface area (Å²) < 4.78 is 18.2. The lowest BCUT2D eigenvalue weighted by atomic mass is 10.1. The molecule has 0 amide bonds. The van der Waals surface area contributed by atoms with E-state index in [0.717, 1.165) is 16.8 Å². The zero-order valence-electron chi connectivity index (χ0n) is 13.4. The second-order valence-electron chi connectivity index (χ2n) is 5.25. The molecule has 0 bridgehead atoms.